The number of benzene rings is 1. The van der Waals surface area contributed by atoms with E-state index in [-0.39, 0.29) is 18.3 Å². The van der Waals surface area contributed by atoms with Crippen LogP contribution in [0.3, 0.4) is 0 Å². The quantitative estimate of drug-likeness (QED) is 0.658. The summed E-state index contributed by atoms with van der Waals surface area (Å²) in [5.41, 5.74) is 6.51. The van der Waals surface area contributed by atoms with Crippen molar-refractivity contribution in [3.63, 3.8) is 0 Å². The standard InChI is InChI=1S/C19H23N5O.ClH/c1-24(2)9-8-20-19(25)12-6-7-16-15(10-12)14-5-3-4-13-11-21-23-17(13)18(14)22-16;/h6-7,10-11,22H,3-5,8-9H2,1-2H3,(H,20,25)(H,21,23);1H. The molecule has 0 bridgehead atoms. The van der Waals surface area contributed by atoms with Gasteiger partial charge >= 0.3 is 0 Å². The van der Waals surface area contributed by atoms with Gasteiger partial charge in [-0.15, -0.1) is 12.4 Å². The highest BCUT2D eigenvalue weighted by Crippen LogP contribution is 2.35. The summed E-state index contributed by atoms with van der Waals surface area (Å²) in [5.74, 6) is -0.0189. The van der Waals surface area contributed by atoms with E-state index in [1.807, 2.05) is 38.5 Å². The van der Waals surface area contributed by atoms with Gasteiger partial charge in [-0.2, -0.15) is 5.10 Å². The van der Waals surface area contributed by atoms with Gasteiger partial charge < -0.3 is 15.2 Å². The number of amides is 1. The number of rotatable bonds is 4. The number of nitrogens with one attached hydrogen (secondary N) is 3. The number of fused-ring (bicyclic) bond motifs is 5. The molecule has 0 fully saturated rings. The molecule has 3 N–H and O–H groups in total. The van der Waals surface area contributed by atoms with Gasteiger partial charge in [0, 0.05) is 29.6 Å². The van der Waals surface area contributed by atoms with Crippen LogP contribution in [0.1, 0.15) is 27.9 Å². The van der Waals surface area contributed by atoms with Crippen molar-refractivity contribution in [2.24, 2.45) is 0 Å². The molecule has 2 aromatic heterocycles. The van der Waals surface area contributed by atoms with Gasteiger partial charge in [0.15, 0.2) is 0 Å². The lowest BCUT2D eigenvalue weighted by molar-refractivity contribution is 0.0951. The minimum atomic E-state index is -0.0189. The van der Waals surface area contributed by atoms with Crippen molar-refractivity contribution in [1.29, 1.82) is 0 Å². The minimum absolute atomic E-state index is 0. The second-order valence-electron chi connectivity index (χ2n) is 6.92. The molecule has 0 saturated heterocycles. The molecule has 1 amide bonds. The van der Waals surface area contributed by atoms with Crippen molar-refractivity contribution in [1.82, 2.24) is 25.4 Å². The van der Waals surface area contributed by atoms with E-state index in [1.165, 1.54) is 11.1 Å². The van der Waals surface area contributed by atoms with E-state index in [9.17, 15) is 4.79 Å². The first-order chi connectivity index (χ1) is 12.1. The van der Waals surface area contributed by atoms with Gasteiger partial charge in [-0.1, -0.05) is 0 Å². The zero-order valence-electron chi connectivity index (χ0n) is 15.1. The first kappa shape index (κ1) is 18.5. The lowest BCUT2D eigenvalue weighted by atomic mass is 10.0. The molecule has 26 heavy (non-hydrogen) atoms. The molecule has 0 unspecified atom stereocenters. The van der Waals surface area contributed by atoms with Gasteiger partial charge in [0.05, 0.1) is 17.6 Å². The molecule has 0 spiro atoms. The molecule has 0 radical (unpaired) electrons. The van der Waals surface area contributed by atoms with Crippen LogP contribution in [0.2, 0.25) is 0 Å². The maximum absolute atomic E-state index is 12.4. The third-order valence-electron chi connectivity index (χ3n) is 4.85. The first-order valence-electron chi connectivity index (χ1n) is 8.73. The Bertz CT molecular complexity index is 927. The molecule has 7 heteroatoms. The van der Waals surface area contributed by atoms with Gasteiger partial charge in [0.2, 0.25) is 0 Å². The predicted octanol–water partition coefficient (Wildman–Crippen LogP) is 2.76. The van der Waals surface area contributed by atoms with Crippen LogP contribution in [0.5, 0.6) is 0 Å². The van der Waals surface area contributed by atoms with E-state index >= 15 is 0 Å². The topological polar surface area (TPSA) is 76.8 Å². The van der Waals surface area contributed by atoms with Crippen molar-refractivity contribution in [3.05, 3.63) is 41.1 Å². The Morgan fingerprint density at radius 3 is 2.92 bits per heavy atom. The number of halogens is 1. The number of likely N-dealkylation sites (N-methyl/N-ethyl adjacent to an activating group) is 1. The number of aromatic amines is 2. The summed E-state index contributed by atoms with van der Waals surface area (Å²) < 4.78 is 0. The molecule has 1 aromatic carbocycles. The van der Waals surface area contributed by atoms with Crippen LogP contribution in [0.15, 0.2) is 24.4 Å². The highest BCUT2D eigenvalue weighted by Gasteiger charge is 2.21. The van der Waals surface area contributed by atoms with Gasteiger partial charge in [-0.3, -0.25) is 9.89 Å². The number of nitrogens with zero attached hydrogens (tertiary/aromatic N) is 2. The summed E-state index contributed by atoms with van der Waals surface area (Å²) in [5, 5.41) is 11.4. The van der Waals surface area contributed by atoms with Crippen LogP contribution < -0.4 is 5.32 Å². The summed E-state index contributed by atoms with van der Waals surface area (Å²) in [7, 11) is 3.99. The van der Waals surface area contributed by atoms with E-state index in [4.69, 9.17) is 0 Å². The second-order valence-corrected chi connectivity index (χ2v) is 6.92. The normalized spacial score (nSPS) is 13.0. The second kappa shape index (κ2) is 7.51. The Labute approximate surface area is 158 Å². The number of H-pyrrole nitrogens is 2. The number of hydrogen-bond acceptors (Lipinski definition) is 3. The van der Waals surface area contributed by atoms with Crippen LogP contribution in [0.25, 0.3) is 22.3 Å². The number of carbonyl (C=O) groups is 1. The number of hydrogen-bond donors (Lipinski definition) is 3. The van der Waals surface area contributed by atoms with Crippen molar-refractivity contribution in [3.8, 4) is 11.4 Å². The molecule has 0 aliphatic heterocycles. The van der Waals surface area contributed by atoms with Crippen molar-refractivity contribution < 1.29 is 4.79 Å². The molecule has 3 aromatic rings. The lowest BCUT2D eigenvalue weighted by Crippen LogP contribution is -2.31. The van der Waals surface area contributed by atoms with Crippen LogP contribution in [-0.2, 0) is 12.8 Å². The molecule has 2 heterocycles. The van der Waals surface area contributed by atoms with Crippen molar-refractivity contribution in [2.45, 2.75) is 19.3 Å². The molecule has 0 atom stereocenters. The zero-order chi connectivity index (χ0) is 17.4. The summed E-state index contributed by atoms with van der Waals surface area (Å²) in [6.07, 6.45) is 5.04. The Morgan fingerprint density at radius 2 is 2.12 bits per heavy atom. The molecule has 1 aliphatic rings. The predicted molar refractivity (Wildman–Crippen MR) is 106 cm³/mol. The number of aromatic nitrogens is 3. The minimum Gasteiger partial charge on any atom is -0.353 e. The largest absolute Gasteiger partial charge is 0.353 e. The fraction of sp³-hybridized carbons (Fsp3) is 0.368. The van der Waals surface area contributed by atoms with E-state index in [1.54, 1.807) is 0 Å². The SMILES string of the molecule is CN(C)CCNC(=O)c1ccc2[nH]c3c(c2c1)CCCc1cn[nH]c1-3.Cl. The monoisotopic (exact) mass is 373 g/mol. The number of aryl methyl sites for hydroxylation is 2. The van der Waals surface area contributed by atoms with E-state index < -0.39 is 0 Å². The third kappa shape index (κ3) is 3.34. The Balaban J connectivity index is 0.00000196. The highest BCUT2D eigenvalue weighted by molar-refractivity contribution is 6.00. The van der Waals surface area contributed by atoms with Gasteiger partial charge in [0.25, 0.3) is 5.91 Å². The summed E-state index contributed by atoms with van der Waals surface area (Å²) in [6.45, 7) is 1.47. The molecule has 1 aliphatic carbocycles. The third-order valence-corrected chi connectivity index (χ3v) is 4.85. The fourth-order valence-electron chi connectivity index (χ4n) is 3.53. The summed E-state index contributed by atoms with van der Waals surface area (Å²) in [4.78, 5) is 18.0. The maximum atomic E-state index is 12.4. The van der Waals surface area contributed by atoms with E-state index in [2.05, 4.69) is 25.4 Å². The molecule has 6 nitrogen and oxygen atoms in total. The lowest BCUT2D eigenvalue weighted by Gasteiger charge is -2.10. The Hall–Kier alpha value is -2.31. The van der Waals surface area contributed by atoms with Crippen LogP contribution in [0.4, 0.5) is 0 Å². The van der Waals surface area contributed by atoms with Gasteiger partial charge in [-0.05, 0) is 62.7 Å². The average Bonchev–Trinajstić information content (AvgIpc) is 3.15. The zero-order valence-corrected chi connectivity index (χ0v) is 15.9. The van der Waals surface area contributed by atoms with E-state index in [0.717, 1.165) is 48.1 Å². The maximum Gasteiger partial charge on any atom is 0.251 e. The van der Waals surface area contributed by atoms with Crippen LogP contribution in [0, 0.1) is 0 Å². The molecule has 0 saturated carbocycles. The highest BCUT2D eigenvalue weighted by atomic mass is 35.5. The Morgan fingerprint density at radius 1 is 1.27 bits per heavy atom. The molecular formula is C19H24ClN5O. The smallest absolute Gasteiger partial charge is 0.251 e. The van der Waals surface area contributed by atoms with Crippen molar-refractivity contribution >= 4 is 29.2 Å². The average molecular weight is 374 g/mol. The summed E-state index contributed by atoms with van der Waals surface area (Å²) in [6, 6.07) is 5.90. The molecule has 4 rings (SSSR count). The van der Waals surface area contributed by atoms with Crippen LogP contribution >= 0.6 is 12.4 Å². The van der Waals surface area contributed by atoms with Gasteiger partial charge in [-0.25, -0.2) is 0 Å². The van der Waals surface area contributed by atoms with E-state index in [0.29, 0.717) is 12.1 Å². The van der Waals surface area contributed by atoms with Gasteiger partial charge in [0.1, 0.15) is 0 Å². The molecule has 138 valence electrons. The first-order valence-corrected chi connectivity index (χ1v) is 8.73. The fourth-order valence-corrected chi connectivity index (χ4v) is 3.53. The van der Waals surface area contributed by atoms with Crippen molar-refractivity contribution in [2.75, 3.05) is 27.2 Å². The Kier molecular flexibility index (Phi) is 5.34. The van der Waals surface area contributed by atoms with Crippen LogP contribution in [-0.4, -0.2) is 53.2 Å². The number of carbonyl (C=O) groups excluding carboxylic acids is 1. The molecular weight excluding hydrogens is 350 g/mol. The summed E-state index contributed by atoms with van der Waals surface area (Å²) >= 11 is 0.